The molecule has 0 spiro atoms. The lowest BCUT2D eigenvalue weighted by Gasteiger charge is -2.44. The van der Waals surface area contributed by atoms with Gasteiger partial charge in [-0.1, -0.05) is 12.8 Å². The molecule has 0 amide bonds. The van der Waals surface area contributed by atoms with Gasteiger partial charge in [0.05, 0.1) is 7.11 Å². The lowest BCUT2D eigenvalue weighted by atomic mass is 9.78. The van der Waals surface area contributed by atoms with E-state index in [1.54, 1.807) is 7.11 Å². The summed E-state index contributed by atoms with van der Waals surface area (Å²) in [6, 6.07) is 0.989. The summed E-state index contributed by atoms with van der Waals surface area (Å²) in [5.74, 6) is 2.18. The Balaban J connectivity index is 1.88. The van der Waals surface area contributed by atoms with E-state index in [9.17, 15) is 0 Å². The molecule has 0 radical (unpaired) electrons. The van der Waals surface area contributed by atoms with Crippen molar-refractivity contribution in [2.45, 2.75) is 51.5 Å². The van der Waals surface area contributed by atoms with E-state index in [0.29, 0.717) is 18.0 Å². The zero-order valence-corrected chi connectivity index (χ0v) is 13.0. The molecule has 116 valence electrons. The van der Waals surface area contributed by atoms with E-state index in [0.717, 1.165) is 25.0 Å². The van der Waals surface area contributed by atoms with Gasteiger partial charge in [-0.3, -0.25) is 0 Å². The van der Waals surface area contributed by atoms with Gasteiger partial charge >= 0.3 is 6.01 Å². The smallest absolute Gasteiger partial charge is 0.322 e. The minimum atomic E-state index is 0.397. The van der Waals surface area contributed by atoms with E-state index in [1.807, 2.05) is 6.92 Å². The first-order valence-electron chi connectivity index (χ1n) is 8.12. The van der Waals surface area contributed by atoms with Crippen LogP contribution in [0.2, 0.25) is 0 Å². The van der Waals surface area contributed by atoms with Gasteiger partial charge in [-0.25, -0.2) is 0 Å². The normalized spacial score (nSPS) is 25.3. The molecule has 6 nitrogen and oxygen atoms in total. The molecular formula is C15H25N5O. The first kappa shape index (κ1) is 14.4. The highest BCUT2D eigenvalue weighted by molar-refractivity contribution is 5.40. The van der Waals surface area contributed by atoms with Crippen LogP contribution in [0.5, 0.6) is 6.01 Å². The average Bonchev–Trinajstić information content (AvgIpc) is 2.54. The van der Waals surface area contributed by atoms with Crippen molar-refractivity contribution in [1.29, 1.82) is 0 Å². The monoisotopic (exact) mass is 291 g/mol. The summed E-state index contributed by atoms with van der Waals surface area (Å²) in [4.78, 5) is 15.7. The molecule has 1 aliphatic heterocycles. The van der Waals surface area contributed by atoms with Gasteiger partial charge < -0.3 is 15.0 Å². The van der Waals surface area contributed by atoms with Gasteiger partial charge in [-0.15, -0.1) is 0 Å². The number of fused-ring (bicyclic) bond motifs is 1. The second-order valence-corrected chi connectivity index (χ2v) is 5.92. The number of rotatable bonds is 4. The Morgan fingerprint density at radius 2 is 1.95 bits per heavy atom. The van der Waals surface area contributed by atoms with Crippen LogP contribution in [-0.2, 0) is 0 Å². The second kappa shape index (κ2) is 6.45. The molecule has 21 heavy (non-hydrogen) atoms. The van der Waals surface area contributed by atoms with Crippen molar-refractivity contribution < 1.29 is 4.74 Å². The minimum Gasteiger partial charge on any atom is -0.467 e. The molecule has 1 aliphatic carbocycles. The number of nitrogens with zero attached hydrogens (tertiary/aromatic N) is 4. The topological polar surface area (TPSA) is 63.2 Å². The number of hydrogen-bond acceptors (Lipinski definition) is 6. The number of ether oxygens (including phenoxy) is 1. The highest BCUT2D eigenvalue weighted by Gasteiger charge is 2.34. The van der Waals surface area contributed by atoms with Gasteiger partial charge in [0.25, 0.3) is 0 Å². The Bertz CT molecular complexity index is 479. The molecule has 0 aromatic carbocycles. The first-order valence-corrected chi connectivity index (χ1v) is 8.12. The van der Waals surface area contributed by atoms with Crippen molar-refractivity contribution in [2.24, 2.45) is 5.92 Å². The van der Waals surface area contributed by atoms with Crippen molar-refractivity contribution in [3.05, 3.63) is 0 Å². The molecule has 2 heterocycles. The number of hydrogen-bond donors (Lipinski definition) is 1. The second-order valence-electron chi connectivity index (χ2n) is 5.92. The third kappa shape index (κ3) is 3.04. The van der Waals surface area contributed by atoms with Crippen molar-refractivity contribution in [2.75, 3.05) is 30.4 Å². The summed E-state index contributed by atoms with van der Waals surface area (Å²) < 4.78 is 5.24. The van der Waals surface area contributed by atoms with E-state index >= 15 is 0 Å². The fourth-order valence-electron chi connectivity index (χ4n) is 3.68. The molecule has 2 atom stereocenters. The predicted octanol–water partition coefficient (Wildman–Crippen LogP) is 2.47. The molecule has 1 saturated heterocycles. The standard InChI is InChI=1S/C15H25N5O/c1-3-16-13-17-14(19-15(18-13)21-2)20-10-6-8-11-7-4-5-9-12(11)20/h11-12H,3-10H2,1-2H3,(H,16,17,18,19). The zero-order valence-electron chi connectivity index (χ0n) is 13.0. The SMILES string of the molecule is CCNc1nc(OC)nc(N2CCCC3CCCCC32)n1. The highest BCUT2D eigenvalue weighted by atomic mass is 16.5. The predicted molar refractivity (Wildman–Crippen MR) is 82.9 cm³/mol. The molecular weight excluding hydrogens is 266 g/mol. The van der Waals surface area contributed by atoms with Crippen LogP contribution in [0.4, 0.5) is 11.9 Å². The Labute approximate surface area is 126 Å². The molecule has 2 fully saturated rings. The van der Waals surface area contributed by atoms with E-state index in [-0.39, 0.29) is 0 Å². The van der Waals surface area contributed by atoms with Gasteiger partial charge in [-0.05, 0) is 38.5 Å². The summed E-state index contributed by atoms with van der Waals surface area (Å²) in [5, 5.41) is 3.16. The lowest BCUT2D eigenvalue weighted by Crippen LogP contribution is -2.47. The van der Waals surface area contributed by atoms with E-state index in [4.69, 9.17) is 4.74 Å². The maximum absolute atomic E-state index is 5.24. The van der Waals surface area contributed by atoms with E-state index in [1.165, 1.54) is 38.5 Å². The van der Waals surface area contributed by atoms with Gasteiger partial charge in [0, 0.05) is 19.1 Å². The zero-order chi connectivity index (χ0) is 14.7. The van der Waals surface area contributed by atoms with Crippen LogP contribution in [0.1, 0.15) is 45.4 Å². The molecule has 1 aromatic heterocycles. The Kier molecular flexibility index (Phi) is 4.41. The molecule has 1 N–H and O–H groups in total. The number of nitrogens with one attached hydrogen (secondary N) is 1. The summed E-state index contributed by atoms with van der Waals surface area (Å²) in [6.07, 6.45) is 7.88. The van der Waals surface area contributed by atoms with Crippen LogP contribution in [0, 0.1) is 5.92 Å². The van der Waals surface area contributed by atoms with Crippen LogP contribution >= 0.6 is 0 Å². The van der Waals surface area contributed by atoms with Gasteiger partial charge in [-0.2, -0.15) is 15.0 Å². The van der Waals surface area contributed by atoms with Crippen LogP contribution < -0.4 is 15.0 Å². The molecule has 1 aromatic rings. The van der Waals surface area contributed by atoms with Gasteiger partial charge in [0.2, 0.25) is 11.9 Å². The Hall–Kier alpha value is -1.59. The van der Waals surface area contributed by atoms with Crippen LogP contribution in [0.15, 0.2) is 0 Å². The number of aromatic nitrogens is 3. The van der Waals surface area contributed by atoms with Crippen molar-refractivity contribution in [1.82, 2.24) is 15.0 Å². The molecule has 2 aliphatic rings. The van der Waals surface area contributed by atoms with Crippen LogP contribution in [-0.4, -0.2) is 41.2 Å². The largest absolute Gasteiger partial charge is 0.467 e. The quantitative estimate of drug-likeness (QED) is 0.919. The molecule has 2 unspecified atom stereocenters. The van der Waals surface area contributed by atoms with Crippen molar-refractivity contribution >= 4 is 11.9 Å². The summed E-state index contributed by atoms with van der Waals surface area (Å²) >= 11 is 0. The minimum absolute atomic E-state index is 0.397. The molecule has 6 heteroatoms. The number of methoxy groups -OCH3 is 1. The van der Waals surface area contributed by atoms with Gasteiger partial charge in [0.1, 0.15) is 0 Å². The fraction of sp³-hybridized carbons (Fsp3) is 0.800. The average molecular weight is 291 g/mol. The van der Waals surface area contributed by atoms with Gasteiger partial charge in [0.15, 0.2) is 0 Å². The fourth-order valence-corrected chi connectivity index (χ4v) is 3.68. The Morgan fingerprint density at radius 1 is 1.14 bits per heavy atom. The molecule has 1 saturated carbocycles. The number of anilines is 2. The third-order valence-corrected chi connectivity index (χ3v) is 4.62. The van der Waals surface area contributed by atoms with Crippen molar-refractivity contribution in [3.63, 3.8) is 0 Å². The summed E-state index contributed by atoms with van der Waals surface area (Å²) in [7, 11) is 1.61. The highest BCUT2D eigenvalue weighted by Crippen LogP contribution is 2.37. The maximum atomic E-state index is 5.24. The lowest BCUT2D eigenvalue weighted by molar-refractivity contribution is 0.241. The third-order valence-electron chi connectivity index (χ3n) is 4.62. The molecule has 3 rings (SSSR count). The van der Waals surface area contributed by atoms with E-state index in [2.05, 4.69) is 25.2 Å². The van der Waals surface area contributed by atoms with Crippen molar-refractivity contribution in [3.8, 4) is 6.01 Å². The first-order chi connectivity index (χ1) is 10.3. The number of piperidine rings is 1. The Morgan fingerprint density at radius 3 is 2.76 bits per heavy atom. The maximum Gasteiger partial charge on any atom is 0.322 e. The summed E-state index contributed by atoms with van der Waals surface area (Å²) in [5.41, 5.74) is 0. The van der Waals surface area contributed by atoms with E-state index < -0.39 is 0 Å². The van der Waals surface area contributed by atoms with Crippen LogP contribution in [0.25, 0.3) is 0 Å². The van der Waals surface area contributed by atoms with Crippen LogP contribution in [0.3, 0.4) is 0 Å². The summed E-state index contributed by atoms with van der Waals surface area (Å²) in [6.45, 7) is 3.87. The molecule has 0 bridgehead atoms.